The number of anilines is 1. The van der Waals surface area contributed by atoms with Crippen LogP contribution in [0.3, 0.4) is 0 Å². The molecule has 1 nitrogen and oxygen atoms in total. The highest BCUT2D eigenvalue weighted by molar-refractivity contribution is 7.80. The average Bonchev–Trinajstić information content (AvgIpc) is 1.99. The lowest BCUT2D eigenvalue weighted by atomic mass is 10.3. The lowest BCUT2D eigenvalue weighted by molar-refractivity contribution is 0.226. The molecule has 1 rings (SSSR count). The van der Waals surface area contributed by atoms with Crippen LogP contribution in [0.1, 0.15) is 0 Å². The van der Waals surface area contributed by atoms with Crippen LogP contribution < -0.4 is 5.34 Å². The van der Waals surface area contributed by atoms with Crippen molar-refractivity contribution in [2.75, 3.05) is 5.34 Å². The van der Waals surface area contributed by atoms with Gasteiger partial charge in [-0.05, 0) is 11.4 Å². The van der Waals surface area contributed by atoms with Crippen molar-refractivity contribution in [1.29, 1.82) is 0 Å². The summed E-state index contributed by atoms with van der Waals surface area (Å²) in [6.07, 6.45) is 0. The second kappa shape index (κ2) is 3.41. The molecule has 0 aromatic heterocycles. The summed E-state index contributed by atoms with van der Waals surface area (Å²) in [5.74, 6) is -5.48. The van der Waals surface area contributed by atoms with E-state index in [1.165, 1.54) is 0 Å². The zero-order chi connectivity index (χ0) is 10.2. The first-order valence-electron chi connectivity index (χ1n) is 2.93. The first-order chi connectivity index (χ1) is 5.95. The topological polar surface area (TPSA) is 3.24 Å². The highest BCUT2D eigenvalue weighted by Gasteiger charge is 2.22. The molecular formula is C6H2F5NS. The van der Waals surface area contributed by atoms with Gasteiger partial charge in [-0.1, -0.05) is 8.96 Å². The molecule has 0 bridgehead atoms. The van der Waals surface area contributed by atoms with E-state index in [1.54, 1.807) is 0 Å². The van der Waals surface area contributed by atoms with Gasteiger partial charge in [0.2, 0.25) is 0 Å². The summed E-state index contributed by atoms with van der Waals surface area (Å²) < 4.78 is 61.0. The molecule has 0 aliphatic carbocycles. The van der Waals surface area contributed by atoms with Gasteiger partial charge in [0.25, 0.3) is 0 Å². The van der Waals surface area contributed by atoms with E-state index in [1.807, 2.05) is 0 Å². The third-order valence-electron chi connectivity index (χ3n) is 1.29. The highest BCUT2D eigenvalue weighted by Crippen LogP contribution is 2.31. The first-order valence-corrected chi connectivity index (χ1v) is 3.38. The van der Waals surface area contributed by atoms with Gasteiger partial charge in [-0.3, -0.25) is 0 Å². The molecule has 7 heteroatoms. The monoisotopic (exact) mass is 215 g/mol. The van der Waals surface area contributed by atoms with E-state index in [0.717, 1.165) is 0 Å². The molecule has 0 heterocycles. The molecule has 0 radical (unpaired) electrons. The maximum atomic E-state index is 12.6. The number of hydrogen-bond acceptors (Lipinski definition) is 2. The van der Waals surface area contributed by atoms with Crippen LogP contribution in [0, 0.1) is 17.5 Å². The minimum Gasteiger partial charge on any atom is -0.204 e. The van der Waals surface area contributed by atoms with Gasteiger partial charge in [0.15, 0.2) is 23.1 Å². The van der Waals surface area contributed by atoms with Crippen LogP contribution in [-0.2, 0) is 0 Å². The summed E-state index contributed by atoms with van der Waals surface area (Å²) in [5, 5.41) is -1.67. The first kappa shape index (κ1) is 10.1. The number of hydrogen-bond donors (Lipinski definition) is 1. The van der Waals surface area contributed by atoms with Crippen molar-refractivity contribution >= 4 is 18.3 Å². The van der Waals surface area contributed by atoms with Crippen LogP contribution in [0.15, 0.2) is 11.0 Å². The van der Waals surface area contributed by atoms with Crippen LogP contribution in [0.2, 0.25) is 0 Å². The number of halogens is 5. The van der Waals surface area contributed by atoms with E-state index < -0.39 is 33.4 Å². The molecule has 0 spiro atoms. The van der Waals surface area contributed by atoms with E-state index in [-0.39, 0.29) is 0 Å². The number of rotatable bonds is 1. The predicted molar refractivity (Wildman–Crippen MR) is 38.3 cm³/mol. The largest absolute Gasteiger partial charge is 0.204 e. The van der Waals surface area contributed by atoms with Gasteiger partial charge < -0.3 is 0 Å². The molecular weight excluding hydrogens is 213 g/mol. The molecule has 1 aromatic carbocycles. The quantitative estimate of drug-likeness (QED) is 0.326. The smallest absolute Gasteiger partial charge is 0.196 e. The van der Waals surface area contributed by atoms with E-state index in [2.05, 4.69) is 12.6 Å². The van der Waals surface area contributed by atoms with Crippen molar-refractivity contribution in [3.05, 3.63) is 23.5 Å². The van der Waals surface area contributed by atoms with Crippen molar-refractivity contribution in [1.82, 2.24) is 0 Å². The maximum Gasteiger partial charge on any atom is 0.196 e. The molecule has 13 heavy (non-hydrogen) atoms. The maximum absolute atomic E-state index is 12.6. The van der Waals surface area contributed by atoms with E-state index in [0.29, 0.717) is 6.07 Å². The third kappa shape index (κ3) is 1.69. The zero-order valence-corrected chi connectivity index (χ0v) is 6.76. The Kier molecular flexibility index (Phi) is 2.65. The van der Waals surface area contributed by atoms with Gasteiger partial charge >= 0.3 is 0 Å². The molecule has 0 saturated heterocycles. The zero-order valence-electron chi connectivity index (χ0n) is 5.86. The van der Waals surface area contributed by atoms with Crippen LogP contribution in [-0.4, -0.2) is 0 Å². The lowest BCUT2D eigenvalue weighted by Gasteiger charge is -2.07. The molecule has 0 N–H and O–H groups in total. The van der Waals surface area contributed by atoms with Crippen LogP contribution in [0.4, 0.5) is 27.8 Å². The summed E-state index contributed by atoms with van der Waals surface area (Å²) in [6, 6.07) is 0.364. The Balaban J connectivity index is 3.44. The van der Waals surface area contributed by atoms with Gasteiger partial charge in [-0.25, -0.2) is 13.2 Å². The van der Waals surface area contributed by atoms with E-state index in [4.69, 9.17) is 0 Å². The molecule has 0 aliphatic heterocycles. The van der Waals surface area contributed by atoms with Crippen molar-refractivity contribution in [3.63, 3.8) is 0 Å². The molecule has 0 fully saturated rings. The minimum absolute atomic E-state index is 0.364. The van der Waals surface area contributed by atoms with Gasteiger partial charge in [-0.15, -0.1) is 12.6 Å². The Bertz CT molecular complexity index is 340. The van der Waals surface area contributed by atoms with Crippen LogP contribution in [0.25, 0.3) is 0 Å². The summed E-state index contributed by atoms with van der Waals surface area (Å²) >= 11 is 3.36. The average molecular weight is 215 g/mol. The Hall–Kier alpha value is -0.980. The van der Waals surface area contributed by atoms with Gasteiger partial charge in [-0.2, -0.15) is 0 Å². The van der Waals surface area contributed by atoms with Crippen molar-refractivity contribution in [3.8, 4) is 0 Å². The summed E-state index contributed by atoms with van der Waals surface area (Å²) in [5.41, 5.74) is -1.39. The Labute approximate surface area is 75.0 Å². The highest BCUT2D eigenvalue weighted by atomic mass is 32.1. The fourth-order valence-electron chi connectivity index (χ4n) is 0.734. The molecule has 0 amide bonds. The Morgan fingerprint density at radius 3 is 2.08 bits per heavy atom. The van der Waals surface area contributed by atoms with E-state index >= 15 is 0 Å². The van der Waals surface area contributed by atoms with Crippen molar-refractivity contribution in [2.45, 2.75) is 4.90 Å². The minimum atomic E-state index is -1.96. The van der Waals surface area contributed by atoms with Gasteiger partial charge in [0.05, 0.1) is 0 Å². The second-order valence-electron chi connectivity index (χ2n) is 2.09. The van der Waals surface area contributed by atoms with Crippen molar-refractivity contribution < 1.29 is 22.1 Å². The SMILES string of the molecule is Fc1cc(S)c(N(F)F)c(F)c1F. The van der Waals surface area contributed by atoms with Crippen LogP contribution >= 0.6 is 12.6 Å². The summed E-state index contributed by atoms with van der Waals surface area (Å²) in [6.45, 7) is 0. The normalized spacial score (nSPS) is 10.3. The number of benzene rings is 1. The second-order valence-corrected chi connectivity index (χ2v) is 2.57. The molecule has 72 valence electrons. The fourth-order valence-corrected chi connectivity index (χ4v) is 1.02. The van der Waals surface area contributed by atoms with E-state index in [9.17, 15) is 22.1 Å². The summed E-state index contributed by atoms with van der Waals surface area (Å²) in [4.78, 5) is -0.679. The third-order valence-corrected chi connectivity index (χ3v) is 1.63. The lowest BCUT2D eigenvalue weighted by Crippen LogP contribution is -2.04. The Morgan fingerprint density at radius 2 is 1.62 bits per heavy atom. The number of nitrogens with zero attached hydrogens (tertiary/aromatic N) is 1. The van der Waals surface area contributed by atoms with Crippen LogP contribution in [0.5, 0.6) is 0 Å². The van der Waals surface area contributed by atoms with Gasteiger partial charge in [0, 0.05) is 4.90 Å². The molecule has 0 unspecified atom stereocenters. The Morgan fingerprint density at radius 1 is 1.08 bits per heavy atom. The summed E-state index contributed by atoms with van der Waals surface area (Å²) in [7, 11) is 0. The van der Waals surface area contributed by atoms with Crippen molar-refractivity contribution in [2.24, 2.45) is 0 Å². The number of thiol groups is 1. The van der Waals surface area contributed by atoms with Gasteiger partial charge in [0.1, 0.15) is 0 Å². The molecule has 0 atom stereocenters. The molecule has 0 aliphatic rings. The predicted octanol–water partition coefficient (Wildman–Crippen LogP) is 2.97. The molecule has 0 saturated carbocycles. The fraction of sp³-hybridized carbons (Fsp3) is 0. The molecule has 1 aromatic rings. The standard InChI is InChI=1S/C6H2F5NS/c7-2-1-3(13)6(12(10)11)5(9)4(2)8/h1,13H.